The van der Waals surface area contributed by atoms with Gasteiger partial charge in [0.2, 0.25) is 0 Å². The summed E-state index contributed by atoms with van der Waals surface area (Å²) in [6.07, 6.45) is 4.32. The molecule has 2 heterocycles. The number of benzene rings is 2. The van der Waals surface area contributed by atoms with E-state index in [4.69, 9.17) is 0 Å². The maximum atomic E-state index is 13.2. The number of para-hydroxylation sites is 1. The van der Waals surface area contributed by atoms with Crippen molar-refractivity contribution in [3.05, 3.63) is 95.8 Å². The van der Waals surface area contributed by atoms with Gasteiger partial charge in [0.25, 0.3) is 5.91 Å². The van der Waals surface area contributed by atoms with Crippen LogP contribution in [0.1, 0.15) is 34.3 Å². The average Bonchev–Trinajstić information content (AvgIpc) is 2.97. The largest absolute Gasteiger partial charge is 0.375 e. The first-order valence-corrected chi connectivity index (χ1v) is 9.70. The van der Waals surface area contributed by atoms with E-state index in [0.717, 1.165) is 12.8 Å². The number of rotatable bonds is 7. The molecule has 3 aromatic rings. The minimum atomic E-state index is -1.85. The van der Waals surface area contributed by atoms with Crippen LogP contribution in [0.25, 0.3) is 0 Å². The van der Waals surface area contributed by atoms with Crippen LogP contribution >= 0.6 is 0 Å². The van der Waals surface area contributed by atoms with E-state index >= 15 is 0 Å². The number of carbonyl (C=O) groups excluding carboxylic acids is 2. The summed E-state index contributed by atoms with van der Waals surface area (Å²) >= 11 is 0. The molecule has 1 atom stereocenters. The van der Waals surface area contributed by atoms with Gasteiger partial charge in [-0.3, -0.25) is 14.6 Å². The number of nitrogens with zero attached hydrogens (tertiary/aromatic N) is 2. The van der Waals surface area contributed by atoms with Gasteiger partial charge >= 0.3 is 0 Å². The number of amides is 1. The van der Waals surface area contributed by atoms with E-state index in [1.807, 2.05) is 30.3 Å². The van der Waals surface area contributed by atoms with Crippen molar-refractivity contribution in [1.82, 2.24) is 4.98 Å². The minimum absolute atomic E-state index is 0.302. The molecule has 0 saturated carbocycles. The Bertz CT molecular complexity index is 1020. The summed E-state index contributed by atoms with van der Waals surface area (Å²) in [5, 5.41) is 11.3. The number of fused-ring (bicyclic) bond motifs is 1. The summed E-state index contributed by atoms with van der Waals surface area (Å²) in [5.74, 6) is -0.751. The first-order valence-electron chi connectivity index (χ1n) is 9.70. The number of hydrogen-bond acceptors (Lipinski definition) is 4. The SMILES string of the molecule is O=C(C[C@]1(O)C(=O)N(CCCc2ccccc2)c2ccccc21)c1cccnc1. The highest BCUT2D eigenvalue weighted by Gasteiger charge is 2.50. The Hall–Kier alpha value is -3.31. The predicted molar refractivity (Wildman–Crippen MR) is 111 cm³/mol. The molecular weight excluding hydrogens is 364 g/mol. The van der Waals surface area contributed by atoms with E-state index in [1.165, 1.54) is 11.8 Å². The monoisotopic (exact) mass is 386 g/mol. The molecule has 0 bridgehead atoms. The van der Waals surface area contributed by atoms with Crippen molar-refractivity contribution in [3.8, 4) is 0 Å². The van der Waals surface area contributed by atoms with Gasteiger partial charge in [0, 0.05) is 30.1 Å². The van der Waals surface area contributed by atoms with Gasteiger partial charge in [-0.05, 0) is 36.6 Å². The molecule has 0 fully saturated rings. The first kappa shape index (κ1) is 19.0. The van der Waals surface area contributed by atoms with Gasteiger partial charge in [-0.1, -0.05) is 48.5 Å². The third kappa shape index (κ3) is 3.69. The molecule has 0 aliphatic carbocycles. The zero-order chi connectivity index (χ0) is 20.3. The van der Waals surface area contributed by atoms with Gasteiger partial charge in [-0.25, -0.2) is 0 Å². The van der Waals surface area contributed by atoms with Crippen LogP contribution in [0.4, 0.5) is 5.69 Å². The topological polar surface area (TPSA) is 70.5 Å². The molecule has 5 heteroatoms. The van der Waals surface area contributed by atoms with Gasteiger partial charge in [0.05, 0.1) is 12.1 Å². The molecule has 1 N–H and O–H groups in total. The van der Waals surface area contributed by atoms with Crippen LogP contribution in [-0.2, 0) is 16.8 Å². The van der Waals surface area contributed by atoms with Crippen molar-refractivity contribution in [2.45, 2.75) is 24.9 Å². The first-order chi connectivity index (χ1) is 14.1. The Morgan fingerprint density at radius 1 is 1.00 bits per heavy atom. The molecule has 1 aromatic heterocycles. The van der Waals surface area contributed by atoms with Crippen LogP contribution in [0.3, 0.4) is 0 Å². The number of ketones is 1. The van der Waals surface area contributed by atoms with Crippen LogP contribution < -0.4 is 4.90 Å². The smallest absolute Gasteiger partial charge is 0.264 e. The number of aryl methyl sites for hydroxylation is 1. The van der Waals surface area contributed by atoms with Crippen molar-refractivity contribution in [1.29, 1.82) is 0 Å². The molecule has 4 rings (SSSR count). The second kappa shape index (κ2) is 7.97. The van der Waals surface area contributed by atoms with Crippen molar-refractivity contribution in [3.63, 3.8) is 0 Å². The number of carbonyl (C=O) groups is 2. The van der Waals surface area contributed by atoms with Crippen molar-refractivity contribution >= 4 is 17.4 Å². The fourth-order valence-electron chi connectivity index (χ4n) is 3.85. The lowest BCUT2D eigenvalue weighted by atomic mass is 9.88. The molecule has 2 aromatic carbocycles. The number of hydrogen-bond donors (Lipinski definition) is 1. The fraction of sp³-hybridized carbons (Fsp3) is 0.208. The number of Topliss-reactive ketones (excluding diaryl/α,β-unsaturated/α-hetero) is 1. The Balaban J connectivity index is 1.54. The quantitative estimate of drug-likeness (QED) is 0.631. The predicted octanol–water partition coefficient (Wildman–Crippen LogP) is 3.52. The Kier molecular flexibility index (Phi) is 5.23. The maximum absolute atomic E-state index is 13.2. The van der Waals surface area contributed by atoms with Gasteiger partial charge in [0.15, 0.2) is 11.4 Å². The Labute approximate surface area is 169 Å². The summed E-state index contributed by atoms with van der Waals surface area (Å²) in [5.41, 5.74) is 0.896. The summed E-state index contributed by atoms with van der Waals surface area (Å²) < 4.78 is 0. The Morgan fingerprint density at radius 2 is 1.76 bits per heavy atom. The summed E-state index contributed by atoms with van der Waals surface area (Å²) in [7, 11) is 0. The average molecular weight is 386 g/mol. The lowest BCUT2D eigenvalue weighted by Crippen LogP contribution is -2.42. The van der Waals surface area contributed by atoms with Gasteiger partial charge in [-0.15, -0.1) is 0 Å². The van der Waals surface area contributed by atoms with E-state index in [1.54, 1.807) is 35.4 Å². The van der Waals surface area contributed by atoms with Crippen LogP contribution in [0, 0.1) is 0 Å². The zero-order valence-electron chi connectivity index (χ0n) is 16.0. The van der Waals surface area contributed by atoms with E-state index < -0.39 is 11.5 Å². The zero-order valence-corrected chi connectivity index (χ0v) is 16.0. The van der Waals surface area contributed by atoms with Crippen molar-refractivity contribution < 1.29 is 14.7 Å². The standard InChI is InChI=1S/C24H22N2O3/c27-22(19-11-6-14-25-17-19)16-24(29)20-12-4-5-13-21(20)26(23(24)28)15-7-10-18-8-2-1-3-9-18/h1-6,8-9,11-14,17,29H,7,10,15-16H2/t24-/m1/s1. The van der Waals surface area contributed by atoms with E-state index in [9.17, 15) is 14.7 Å². The van der Waals surface area contributed by atoms with Crippen LogP contribution in [-0.4, -0.2) is 28.3 Å². The minimum Gasteiger partial charge on any atom is -0.375 e. The number of aliphatic hydroxyl groups is 1. The maximum Gasteiger partial charge on any atom is 0.264 e. The molecule has 5 nitrogen and oxygen atoms in total. The molecule has 1 amide bonds. The number of aromatic nitrogens is 1. The molecule has 29 heavy (non-hydrogen) atoms. The fourth-order valence-corrected chi connectivity index (χ4v) is 3.85. The lowest BCUT2D eigenvalue weighted by Gasteiger charge is -2.22. The lowest BCUT2D eigenvalue weighted by molar-refractivity contribution is -0.135. The normalized spacial score (nSPS) is 18.0. The highest BCUT2D eigenvalue weighted by atomic mass is 16.3. The van der Waals surface area contributed by atoms with Crippen LogP contribution in [0.5, 0.6) is 0 Å². The van der Waals surface area contributed by atoms with Gasteiger partial charge < -0.3 is 10.0 Å². The molecule has 0 saturated heterocycles. The van der Waals surface area contributed by atoms with Crippen LogP contribution in [0.2, 0.25) is 0 Å². The van der Waals surface area contributed by atoms with E-state index in [-0.39, 0.29) is 12.2 Å². The van der Waals surface area contributed by atoms with Gasteiger partial charge in [-0.2, -0.15) is 0 Å². The summed E-state index contributed by atoms with van der Waals surface area (Å²) in [6, 6.07) is 20.5. The molecule has 0 spiro atoms. The number of pyridine rings is 1. The molecule has 0 unspecified atom stereocenters. The summed E-state index contributed by atoms with van der Waals surface area (Å²) in [6.45, 7) is 0.480. The van der Waals surface area contributed by atoms with E-state index in [2.05, 4.69) is 17.1 Å². The molecule has 1 aliphatic rings. The molecular formula is C24H22N2O3. The highest BCUT2D eigenvalue weighted by Crippen LogP contribution is 2.42. The third-order valence-electron chi connectivity index (χ3n) is 5.33. The molecule has 0 radical (unpaired) electrons. The summed E-state index contributed by atoms with van der Waals surface area (Å²) in [4.78, 5) is 31.5. The van der Waals surface area contributed by atoms with Crippen molar-refractivity contribution in [2.24, 2.45) is 0 Å². The van der Waals surface area contributed by atoms with E-state index in [0.29, 0.717) is 23.4 Å². The Morgan fingerprint density at radius 3 is 2.52 bits per heavy atom. The van der Waals surface area contributed by atoms with Crippen LogP contribution in [0.15, 0.2) is 79.1 Å². The number of anilines is 1. The second-order valence-electron chi connectivity index (χ2n) is 7.27. The highest BCUT2D eigenvalue weighted by molar-refractivity contribution is 6.10. The van der Waals surface area contributed by atoms with Gasteiger partial charge in [0.1, 0.15) is 0 Å². The van der Waals surface area contributed by atoms with Crippen molar-refractivity contribution in [2.75, 3.05) is 11.4 Å². The molecule has 1 aliphatic heterocycles. The third-order valence-corrected chi connectivity index (χ3v) is 5.33. The molecule has 146 valence electrons. The second-order valence-corrected chi connectivity index (χ2v) is 7.27.